The molecular weight excluding hydrogens is 315 g/mol. The van der Waals surface area contributed by atoms with Crippen LogP contribution in [0.1, 0.15) is 0 Å². The maximum atomic E-state index is 6.21. The maximum Gasteiger partial charge on any atom is 0.166 e. The smallest absolute Gasteiger partial charge is 0.166 e. The molecule has 0 N–H and O–H groups in total. The molecule has 0 bridgehead atoms. The lowest BCUT2D eigenvalue weighted by Crippen LogP contribution is -2.45. The Morgan fingerprint density at radius 3 is 2.16 bits per heavy atom. The summed E-state index contributed by atoms with van der Waals surface area (Å²) in [6.07, 6.45) is 0. The second-order valence-corrected chi connectivity index (χ2v) is 18.3. The lowest BCUT2D eigenvalue weighted by molar-refractivity contribution is 0.0892. The summed E-state index contributed by atoms with van der Waals surface area (Å²) in [7, 11) is -2.63. The lowest BCUT2D eigenvalue weighted by Gasteiger charge is -2.19. The van der Waals surface area contributed by atoms with E-state index in [9.17, 15) is 0 Å². The minimum atomic E-state index is -1.57. The molecule has 0 saturated carbocycles. The zero-order valence-corrected chi connectivity index (χ0v) is 16.2. The topological polar surface area (TPSA) is 27.1 Å². The van der Waals surface area contributed by atoms with E-state index < -0.39 is 16.1 Å². The third-order valence-corrected chi connectivity index (χ3v) is 6.93. The highest BCUT2D eigenvalue weighted by molar-refractivity contribution is 6.87. The monoisotopic (exact) mass is 338 g/mol. The highest BCUT2D eigenvalue weighted by Crippen LogP contribution is 2.21. The SMILES string of the molecule is C[Si](C)(C)CCOCn1c([Si](C)(C)C)nc(Cl)c1Cl. The van der Waals surface area contributed by atoms with E-state index in [1.807, 2.05) is 4.57 Å². The largest absolute Gasteiger partial charge is 0.361 e. The molecule has 1 aromatic rings. The quantitative estimate of drug-likeness (QED) is 0.577. The third-order valence-electron chi connectivity index (χ3n) is 2.75. The van der Waals surface area contributed by atoms with Crippen LogP contribution < -0.4 is 5.45 Å². The fourth-order valence-electron chi connectivity index (χ4n) is 1.63. The van der Waals surface area contributed by atoms with Gasteiger partial charge in [0.1, 0.15) is 20.0 Å². The highest BCUT2D eigenvalue weighted by atomic mass is 35.5. The lowest BCUT2D eigenvalue weighted by atomic mass is 10.8. The van der Waals surface area contributed by atoms with Crippen molar-refractivity contribution in [2.24, 2.45) is 0 Å². The number of hydrogen-bond acceptors (Lipinski definition) is 2. The van der Waals surface area contributed by atoms with Gasteiger partial charge in [-0.25, -0.2) is 4.98 Å². The molecule has 0 aliphatic heterocycles. The standard InChI is InChI=1S/C12H24Cl2N2OSi2/c1-18(2,3)8-7-17-9-16-11(14)10(13)15-12(16)19(4,5)6/h7-9H2,1-6H3. The number of nitrogens with zero attached hydrogens (tertiary/aromatic N) is 2. The van der Waals surface area contributed by atoms with E-state index in [1.54, 1.807) is 0 Å². The fraction of sp³-hybridized carbons (Fsp3) is 0.750. The van der Waals surface area contributed by atoms with E-state index in [4.69, 9.17) is 27.9 Å². The van der Waals surface area contributed by atoms with Crippen LogP contribution in [0.5, 0.6) is 0 Å². The summed E-state index contributed by atoms with van der Waals surface area (Å²) in [5.41, 5.74) is 0.996. The van der Waals surface area contributed by atoms with Gasteiger partial charge in [0.2, 0.25) is 0 Å². The van der Waals surface area contributed by atoms with Crippen molar-refractivity contribution in [1.29, 1.82) is 0 Å². The van der Waals surface area contributed by atoms with Gasteiger partial charge in [0.05, 0.1) is 5.45 Å². The van der Waals surface area contributed by atoms with E-state index in [1.165, 1.54) is 0 Å². The van der Waals surface area contributed by atoms with Gasteiger partial charge in [-0.3, -0.25) is 4.57 Å². The molecule has 0 aromatic carbocycles. The van der Waals surface area contributed by atoms with Crippen LogP contribution in [0.3, 0.4) is 0 Å². The normalized spacial score (nSPS) is 13.1. The second-order valence-electron chi connectivity index (χ2n) is 7.04. The molecule has 1 rings (SSSR count). The number of imidazole rings is 1. The van der Waals surface area contributed by atoms with Gasteiger partial charge in [-0.1, -0.05) is 62.5 Å². The first-order valence-electron chi connectivity index (χ1n) is 6.52. The Hall–Kier alpha value is 0.184. The Morgan fingerprint density at radius 1 is 1.11 bits per heavy atom. The Bertz CT molecular complexity index is 436. The van der Waals surface area contributed by atoms with Crippen LogP contribution in [0.2, 0.25) is 55.6 Å². The molecule has 3 nitrogen and oxygen atoms in total. The van der Waals surface area contributed by atoms with Crippen molar-refractivity contribution in [3.8, 4) is 0 Å². The van der Waals surface area contributed by atoms with Crippen molar-refractivity contribution in [2.75, 3.05) is 6.61 Å². The summed E-state index contributed by atoms with van der Waals surface area (Å²) in [4.78, 5) is 4.40. The summed E-state index contributed by atoms with van der Waals surface area (Å²) < 4.78 is 7.68. The first kappa shape index (κ1) is 17.2. The Labute approximate surface area is 128 Å². The molecule has 0 atom stereocenters. The molecule has 0 amide bonds. The number of halogens is 2. The van der Waals surface area contributed by atoms with Crippen LogP contribution >= 0.6 is 23.2 Å². The Balaban J connectivity index is 2.73. The van der Waals surface area contributed by atoms with Gasteiger partial charge in [0.15, 0.2) is 5.15 Å². The Kier molecular flexibility index (Phi) is 5.72. The van der Waals surface area contributed by atoms with Gasteiger partial charge < -0.3 is 4.74 Å². The zero-order valence-electron chi connectivity index (χ0n) is 12.7. The van der Waals surface area contributed by atoms with Crippen molar-refractivity contribution in [3.63, 3.8) is 0 Å². The average Bonchev–Trinajstić information content (AvgIpc) is 2.50. The molecule has 0 aliphatic carbocycles. The summed E-state index contributed by atoms with van der Waals surface area (Å²) in [5, 5.41) is 0.875. The van der Waals surface area contributed by atoms with Gasteiger partial charge in [-0.15, -0.1) is 0 Å². The summed E-state index contributed by atoms with van der Waals surface area (Å²) >= 11 is 12.2. The molecule has 0 spiro atoms. The van der Waals surface area contributed by atoms with Gasteiger partial charge in [-0.2, -0.15) is 0 Å². The van der Waals surface area contributed by atoms with Crippen LogP contribution in [0, 0.1) is 0 Å². The molecular formula is C12H24Cl2N2OSi2. The molecule has 1 aromatic heterocycles. The molecule has 0 aliphatic rings. The molecule has 1 heterocycles. The van der Waals surface area contributed by atoms with Gasteiger partial charge in [0, 0.05) is 14.7 Å². The van der Waals surface area contributed by atoms with Gasteiger partial charge in [0.25, 0.3) is 0 Å². The predicted octanol–water partition coefficient (Wildman–Crippen LogP) is 4.05. The molecule has 0 saturated heterocycles. The summed E-state index contributed by atoms with van der Waals surface area (Å²) in [6.45, 7) is 14.9. The number of ether oxygens (including phenoxy) is 1. The van der Waals surface area contributed by atoms with Crippen molar-refractivity contribution < 1.29 is 4.74 Å². The van der Waals surface area contributed by atoms with Crippen LogP contribution in [-0.4, -0.2) is 32.3 Å². The molecule has 0 unspecified atom stereocenters. The third kappa shape index (κ3) is 5.23. The van der Waals surface area contributed by atoms with Crippen molar-refractivity contribution in [2.45, 2.75) is 52.1 Å². The first-order chi connectivity index (χ1) is 8.52. The van der Waals surface area contributed by atoms with Crippen LogP contribution in [0.4, 0.5) is 0 Å². The van der Waals surface area contributed by atoms with E-state index in [2.05, 4.69) is 44.3 Å². The second kappa shape index (κ2) is 6.30. The minimum absolute atomic E-state index is 0.382. The summed E-state index contributed by atoms with van der Waals surface area (Å²) in [6, 6.07) is 1.15. The maximum absolute atomic E-state index is 6.21. The van der Waals surface area contributed by atoms with E-state index >= 15 is 0 Å². The highest BCUT2D eigenvalue weighted by Gasteiger charge is 2.26. The number of hydrogen-bond donors (Lipinski definition) is 0. The number of aromatic nitrogens is 2. The summed E-state index contributed by atoms with van der Waals surface area (Å²) in [5.74, 6) is 0. The van der Waals surface area contributed by atoms with Crippen molar-refractivity contribution in [3.05, 3.63) is 10.3 Å². The van der Waals surface area contributed by atoms with Crippen LogP contribution in [0.15, 0.2) is 0 Å². The molecule has 19 heavy (non-hydrogen) atoms. The first-order valence-corrected chi connectivity index (χ1v) is 14.5. The van der Waals surface area contributed by atoms with E-state index in [0.29, 0.717) is 17.0 Å². The fourth-order valence-corrected chi connectivity index (χ4v) is 4.31. The van der Waals surface area contributed by atoms with Crippen LogP contribution in [-0.2, 0) is 11.5 Å². The average molecular weight is 339 g/mol. The van der Waals surface area contributed by atoms with E-state index in [0.717, 1.165) is 18.1 Å². The Morgan fingerprint density at radius 2 is 1.68 bits per heavy atom. The number of rotatable bonds is 6. The zero-order chi connectivity index (χ0) is 14.8. The van der Waals surface area contributed by atoms with Crippen molar-refractivity contribution >= 4 is 44.8 Å². The van der Waals surface area contributed by atoms with Crippen LogP contribution in [0.25, 0.3) is 0 Å². The molecule has 7 heteroatoms. The molecule has 0 radical (unpaired) electrons. The van der Waals surface area contributed by atoms with Gasteiger partial charge >= 0.3 is 0 Å². The molecule has 110 valence electrons. The van der Waals surface area contributed by atoms with Gasteiger partial charge in [-0.05, 0) is 6.04 Å². The predicted molar refractivity (Wildman–Crippen MR) is 89.3 cm³/mol. The van der Waals surface area contributed by atoms with E-state index in [-0.39, 0.29) is 0 Å². The minimum Gasteiger partial charge on any atom is -0.361 e. The molecule has 0 fully saturated rings. The van der Waals surface area contributed by atoms with Crippen molar-refractivity contribution in [1.82, 2.24) is 9.55 Å².